The van der Waals surface area contributed by atoms with Crippen LogP contribution in [0.2, 0.25) is 18.1 Å². The predicted octanol–water partition coefficient (Wildman–Crippen LogP) is 5.66. The number of hydrogen-bond acceptors (Lipinski definition) is 6. The lowest BCUT2D eigenvalue weighted by Gasteiger charge is -2.38. The van der Waals surface area contributed by atoms with Gasteiger partial charge in [-0.1, -0.05) is 51.1 Å². The van der Waals surface area contributed by atoms with Crippen LogP contribution in [0.1, 0.15) is 39.2 Å². The molecule has 2 rings (SSSR count). The van der Waals surface area contributed by atoms with Crippen molar-refractivity contribution in [2.24, 2.45) is 0 Å². The zero-order valence-corrected chi connectivity index (χ0v) is 21.8. The summed E-state index contributed by atoms with van der Waals surface area (Å²) in [6.07, 6.45) is 1.17. The molecule has 1 aromatic carbocycles. The molecule has 9 heteroatoms. The molecule has 1 fully saturated rings. The molecule has 0 bridgehead atoms. The third-order valence-corrected chi connectivity index (χ3v) is 13.0. The standard InChI is InChI=1S/C22H38NO6PSi/c1-22(2,3)31(6,7)29-16-19-13-14-20(17-30(25,26-4)27-5)23(19)21(24)28-15-18-11-9-8-10-12-18/h8-12,19-20H,13-17H2,1-7H3/t19-,20+/m0/s1. The van der Waals surface area contributed by atoms with Crippen LogP contribution >= 0.6 is 7.60 Å². The van der Waals surface area contributed by atoms with Crippen LogP contribution in [0, 0.1) is 0 Å². The molecule has 1 aromatic rings. The second-order valence-corrected chi connectivity index (χ2v) is 16.7. The van der Waals surface area contributed by atoms with E-state index in [0.717, 1.165) is 12.0 Å². The summed E-state index contributed by atoms with van der Waals surface area (Å²) in [5, 5.41) is 0.0749. The van der Waals surface area contributed by atoms with E-state index in [-0.39, 0.29) is 29.9 Å². The van der Waals surface area contributed by atoms with Crippen LogP contribution in [-0.2, 0) is 29.4 Å². The summed E-state index contributed by atoms with van der Waals surface area (Å²) in [6, 6.07) is 9.14. The van der Waals surface area contributed by atoms with Crippen molar-refractivity contribution in [1.29, 1.82) is 0 Å². The minimum Gasteiger partial charge on any atom is -0.445 e. The van der Waals surface area contributed by atoms with E-state index in [1.165, 1.54) is 14.2 Å². The molecule has 0 radical (unpaired) electrons. The van der Waals surface area contributed by atoms with Crippen LogP contribution in [0.5, 0.6) is 0 Å². The summed E-state index contributed by atoms with van der Waals surface area (Å²) in [4.78, 5) is 14.8. The summed E-state index contributed by atoms with van der Waals surface area (Å²) in [6.45, 7) is 11.6. The smallest absolute Gasteiger partial charge is 0.410 e. The maximum Gasteiger partial charge on any atom is 0.410 e. The number of carbonyl (C=O) groups is 1. The maximum absolute atomic E-state index is 13.1. The number of benzene rings is 1. The molecule has 2 atom stereocenters. The van der Waals surface area contributed by atoms with Gasteiger partial charge < -0.3 is 18.2 Å². The van der Waals surface area contributed by atoms with Gasteiger partial charge in [-0.15, -0.1) is 0 Å². The minimum absolute atomic E-state index is 0.0749. The first-order valence-corrected chi connectivity index (χ1v) is 15.4. The molecule has 0 spiro atoms. The van der Waals surface area contributed by atoms with E-state index in [1.54, 1.807) is 4.90 Å². The molecule has 0 unspecified atom stereocenters. The van der Waals surface area contributed by atoms with Crippen molar-refractivity contribution in [2.45, 2.75) is 70.4 Å². The van der Waals surface area contributed by atoms with E-state index >= 15 is 0 Å². The number of rotatable bonds is 9. The lowest BCUT2D eigenvalue weighted by atomic mass is 10.2. The molecule has 1 saturated heterocycles. The largest absolute Gasteiger partial charge is 0.445 e. The Morgan fingerprint density at radius 1 is 1.10 bits per heavy atom. The molecule has 1 aliphatic rings. The highest BCUT2D eigenvalue weighted by Crippen LogP contribution is 2.49. The van der Waals surface area contributed by atoms with E-state index in [9.17, 15) is 9.36 Å². The molecule has 31 heavy (non-hydrogen) atoms. The maximum atomic E-state index is 13.1. The Hall–Kier alpha value is -1.18. The van der Waals surface area contributed by atoms with Crippen molar-refractivity contribution in [3.8, 4) is 0 Å². The van der Waals surface area contributed by atoms with E-state index in [1.807, 2.05) is 30.3 Å². The molecule has 1 amide bonds. The first-order chi connectivity index (χ1) is 14.4. The monoisotopic (exact) mass is 471 g/mol. The number of hydrogen-bond donors (Lipinski definition) is 0. The summed E-state index contributed by atoms with van der Waals surface area (Å²) in [5.74, 6) is 0. The molecule has 1 aliphatic heterocycles. The fourth-order valence-electron chi connectivity index (χ4n) is 3.40. The number of likely N-dealkylation sites (tertiary alicyclic amines) is 1. The van der Waals surface area contributed by atoms with Gasteiger partial charge in [-0.2, -0.15) is 0 Å². The van der Waals surface area contributed by atoms with Gasteiger partial charge in [-0.05, 0) is 36.5 Å². The summed E-state index contributed by atoms with van der Waals surface area (Å²) < 4.78 is 35.1. The molecule has 7 nitrogen and oxygen atoms in total. The van der Waals surface area contributed by atoms with Gasteiger partial charge in [-0.3, -0.25) is 9.46 Å². The number of amides is 1. The molecule has 0 aromatic heterocycles. The first kappa shape index (κ1) is 26.1. The van der Waals surface area contributed by atoms with Gasteiger partial charge in [0.1, 0.15) is 6.61 Å². The second-order valence-electron chi connectivity index (χ2n) is 9.56. The Kier molecular flexibility index (Phi) is 8.93. The SMILES string of the molecule is COP(=O)(C[C@H]1CC[C@@H](CO[Si](C)(C)C(C)(C)C)N1C(=O)OCc1ccccc1)OC. The fraction of sp³-hybridized carbons (Fsp3) is 0.682. The van der Waals surface area contributed by atoms with Crippen molar-refractivity contribution in [2.75, 3.05) is 27.0 Å². The quantitative estimate of drug-likeness (QED) is 0.342. The highest BCUT2D eigenvalue weighted by molar-refractivity contribution is 7.53. The molecule has 0 aliphatic carbocycles. The van der Waals surface area contributed by atoms with Crippen molar-refractivity contribution < 1.29 is 27.6 Å². The normalized spacial score (nSPS) is 20.2. The molecule has 0 saturated carbocycles. The number of ether oxygens (including phenoxy) is 1. The van der Waals surface area contributed by atoms with Gasteiger partial charge >= 0.3 is 13.7 Å². The van der Waals surface area contributed by atoms with Crippen molar-refractivity contribution >= 4 is 22.0 Å². The fourth-order valence-corrected chi connectivity index (χ4v) is 5.76. The van der Waals surface area contributed by atoms with Crippen LogP contribution in [0.4, 0.5) is 4.79 Å². The van der Waals surface area contributed by atoms with Gasteiger partial charge in [0, 0.05) is 20.3 Å². The average molecular weight is 472 g/mol. The third kappa shape index (κ3) is 6.90. The molecular weight excluding hydrogens is 433 g/mol. The van der Waals surface area contributed by atoms with Gasteiger partial charge in [0.15, 0.2) is 8.32 Å². The van der Waals surface area contributed by atoms with Crippen LogP contribution in [0.25, 0.3) is 0 Å². The Labute approximate surface area is 188 Å². The van der Waals surface area contributed by atoms with Gasteiger partial charge in [0.25, 0.3) is 0 Å². The molecule has 1 heterocycles. The Morgan fingerprint density at radius 2 is 1.68 bits per heavy atom. The molecular formula is C22H38NO6PSi. The van der Waals surface area contributed by atoms with E-state index < -0.39 is 22.0 Å². The first-order valence-electron chi connectivity index (χ1n) is 10.8. The summed E-state index contributed by atoms with van der Waals surface area (Å²) >= 11 is 0. The lowest BCUT2D eigenvalue weighted by Crippen LogP contribution is -2.48. The van der Waals surface area contributed by atoms with Gasteiger partial charge in [0.05, 0.1) is 18.8 Å². The summed E-state index contributed by atoms with van der Waals surface area (Å²) in [5.41, 5.74) is 0.917. The highest BCUT2D eigenvalue weighted by atomic mass is 31.2. The zero-order chi connectivity index (χ0) is 23.3. The minimum atomic E-state index is -3.27. The topological polar surface area (TPSA) is 74.3 Å². The van der Waals surface area contributed by atoms with E-state index in [4.69, 9.17) is 18.2 Å². The zero-order valence-electron chi connectivity index (χ0n) is 19.9. The van der Waals surface area contributed by atoms with Gasteiger partial charge in [-0.25, -0.2) is 4.79 Å². The predicted molar refractivity (Wildman–Crippen MR) is 125 cm³/mol. The Bertz CT molecular complexity index is 759. The van der Waals surface area contributed by atoms with E-state index in [0.29, 0.717) is 13.0 Å². The van der Waals surface area contributed by atoms with Gasteiger partial charge in [0.2, 0.25) is 0 Å². The third-order valence-electron chi connectivity index (χ3n) is 6.47. The number of nitrogens with zero attached hydrogens (tertiary/aromatic N) is 1. The molecule has 0 N–H and O–H groups in total. The Balaban J connectivity index is 2.15. The van der Waals surface area contributed by atoms with Crippen LogP contribution in [0.15, 0.2) is 30.3 Å². The number of carbonyl (C=O) groups excluding carboxylic acids is 1. The second kappa shape index (κ2) is 10.6. The van der Waals surface area contributed by atoms with Crippen LogP contribution in [-0.4, -0.2) is 58.4 Å². The molecule has 176 valence electrons. The van der Waals surface area contributed by atoms with Crippen molar-refractivity contribution in [3.63, 3.8) is 0 Å². The Morgan fingerprint density at radius 3 is 2.23 bits per heavy atom. The lowest BCUT2D eigenvalue weighted by molar-refractivity contribution is 0.0684. The highest BCUT2D eigenvalue weighted by Gasteiger charge is 2.44. The van der Waals surface area contributed by atoms with Crippen molar-refractivity contribution in [1.82, 2.24) is 4.90 Å². The van der Waals surface area contributed by atoms with Crippen molar-refractivity contribution in [3.05, 3.63) is 35.9 Å². The van der Waals surface area contributed by atoms with Crippen LogP contribution < -0.4 is 0 Å². The van der Waals surface area contributed by atoms with Crippen LogP contribution in [0.3, 0.4) is 0 Å². The summed E-state index contributed by atoms with van der Waals surface area (Å²) in [7, 11) is -2.50. The average Bonchev–Trinajstić information content (AvgIpc) is 3.12. The van der Waals surface area contributed by atoms with E-state index in [2.05, 4.69) is 33.9 Å².